The van der Waals surface area contributed by atoms with E-state index >= 15 is 0 Å². The summed E-state index contributed by atoms with van der Waals surface area (Å²) >= 11 is 12.2. The summed E-state index contributed by atoms with van der Waals surface area (Å²) in [5.41, 5.74) is 1.60. The standard InChI is InChI=1S/C20H19Cl2N5O4/c21-14-2-1-11(7-15(14)22)17-13(9-23-5-6-30-17)10-25-19(28)16-8-12(3-4-24-16)18-26-20(29)31-27-18/h1-4,7-8,13,17,23H,5-6,9-10H2,(H,25,28)(H,26,27,29)/t13-,17-/m0/s1. The number of benzene rings is 1. The molecule has 3 aromatic rings. The molecule has 0 bridgehead atoms. The maximum atomic E-state index is 12.7. The van der Waals surface area contributed by atoms with Crippen LogP contribution in [-0.2, 0) is 4.74 Å². The average Bonchev–Trinajstić information content (AvgIpc) is 3.07. The van der Waals surface area contributed by atoms with Crippen LogP contribution in [0.15, 0.2) is 45.8 Å². The molecule has 1 amide bonds. The Morgan fingerprint density at radius 1 is 1.23 bits per heavy atom. The van der Waals surface area contributed by atoms with Crippen molar-refractivity contribution in [3.63, 3.8) is 0 Å². The lowest BCUT2D eigenvalue weighted by Gasteiger charge is -2.25. The molecule has 3 N–H and O–H groups in total. The Bertz CT molecular complexity index is 1130. The number of hydrogen-bond acceptors (Lipinski definition) is 7. The zero-order chi connectivity index (χ0) is 21.8. The molecular formula is C20H19Cl2N5O4. The number of nitrogens with zero attached hydrogens (tertiary/aromatic N) is 2. The maximum absolute atomic E-state index is 12.7. The number of rotatable bonds is 5. The quantitative estimate of drug-likeness (QED) is 0.530. The molecule has 1 fully saturated rings. The van der Waals surface area contributed by atoms with Crippen LogP contribution in [0.25, 0.3) is 11.4 Å². The zero-order valence-corrected chi connectivity index (χ0v) is 17.7. The molecular weight excluding hydrogens is 445 g/mol. The Balaban J connectivity index is 1.48. The highest BCUT2D eigenvalue weighted by molar-refractivity contribution is 6.42. The number of nitrogens with one attached hydrogen (secondary N) is 3. The van der Waals surface area contributed by atoms with E-state index in [4.69, 9.17) is 27.9 Å². The molecule has 2 aromatic heterocycles. The van der Waals surface area contributed by atoms with Crippen molar-refractivity contribution in [2.45, 2.75) is 6.10 Å². The SMILES string of the molecule is O=C(NC[C@@H]1CNCCO[C@H]1c1ccc(Cl)c(Cl)c1)c1cc(-c2noc(=O)[nH]2)ccn1. The van der Waals surface area contributed by atoms with Gasteiger partial charge in [-0.2, -0.15) is 0 Å². The summed E-state index contributed by atoms with van der Waals surface area (Å²) < 4.78 is 10.5. The molecule has 11 heteroatoms. The minimum Gasteiger partial charge on any atom is -0.372 e. The van der Waals surface area contributed by atoms with E-state index in [9.17, 15) is 9.59 Å². The molecule has 0 saturated carbocycles. The molecule has 0 spiro atoms. The lowest BCUT2D eigenvalue weighted by Crippen LogP contribution is -2.36. The van der Waals surface area contributed by atoms with Gasteiger partial charge in [-0.3, -0.25) is 19.3 Å². The summed E-state index contributed by atoms with van der Waals surface area (Å²) in [5.74, 6) is -0.849. The van der Waals surface area contributed by atoms with Crippen LogP contribution in [-0.4, -0.2) is 47.3 Å². The van der Waals surface area contributed by atoms with Crippen molar-refractivity contribution in [2.75, 3.05) is 26.2 Å². The molecule has 0 radical (unpaired) electrons. The van der Waals surface area contributed by atoms with Gasteiger partial charge in [0.25, 0.3) is 5.91 Å². The fourth-order valence-electron chi connectivity index (χ4n) is 3.40. The molecule has 0 aliphatic carbocycles. The molecule has 1 aliphatic heterocycles. The van der Waals surface area contributed by atoms with Crippen molar-refractivity contribution >= 4 is 29.1 Å². The van der Waals surface area contributed by atoms with Gasteiger partial charge in [-0.1, -0.05) is 34.4 Å². The number of H-pyrrole nitrogens is 1. The second-order valence-corrected chi connectivity index (χ2v) is 7.83. The third kappa shape index (κ3) is 5.13. The first-order valence-corrected chi connectivity index (χ1v) is 10.3. The molecule has 9 nitrogen and oxygen atoms in total. The van der Waals surface area contributed by atoms with Gasteiger partial charge in [0.15, 0.2) is 5.82 Å². The fourth-order valence-corrected chi connectivity index (χ4v) is 3.70. The lowest BCUT2D eigenvalue weighted by molar-refractivity contribution is 0.0305. The molecule has 31 heavy (non-hydrogen) atoms. The molecule has 1 aliphatic rings. The first-order chi connectivity index (χ1) is 15.0. The monoisotopic (exact) mass is 463 g/mol. The second kappa shape index (κ2) is 9.61. The van der Waals surface area contributed by atoms with Crippen LogP contribution in [0.5, 0.6) is 0 Å². The van der Waals surface area contributed by atoms with E-state index in [0.717, 1.165) is 5.56 Å². The van der Waals surface area contributed by atoms with E-state index in [0.29, 0.717) is 41.8 Å². The molecule has 3 heterocycles. The Morgan fingerprint density at radius 3 is 2.87 bits per heavy atom. The van der Waals surface area contributed by atoms with E-state index in [1.165, 1.54) is 12.3 Å². The number of carbonyl (C=O) groups is 1. The van der Waals surface area contributed by atoms with Crippen molar-refractivity contribution in [3.05, 3.63) is 68.4 Å². The van der Waals surface area contributed by atoms with Crippen LogP contribution >= 0.6 is 23.2 Å². The highest BCUT2D eigenvalue weighted by Gasteiger charge is 2.27. The van der Waals surface area contributed by atoms with Crippen molar-refractivity contribution in [2.24, 2.45) is 5.92 Å². The van der Waals surface area contributed by atoms with Crippen LogP contribution in [0, 0.1) is 5.92 Å². The summed E-state index contributed by atoms with van der Waals surface area (Å²) in [4.78, 5) is 30.4. The third-order valence-electron chi connectivity index (χ3n) is 4.91. The summed E-state index contributed by atoms with van der Waals surface area (Å²) in [7, 11) is 0. The predicted molar refractivity (Wildman–Crippen MR) is 114 cm³/mol. The Labute approximate surface area is 187 Å². The lowest BCUT2D eigenvalue weighted by atomic mass is 9.95. The summed E-state index contributed by atoms with van der Waals surface area (Å²) in [6.07, 6.45) is 1.20. The van der Waals surface area contributed by atoms with Gasteiger partial charge in [-0.15, -0.1) is 0 Å². The Hall–Kier alpha value is -2.72. The molecule has 1 saturated heterocycles. The van der Waals surface area contributed by atoms with E-state index in [-0.39, 0.29) is 29.4 Å². The highest BCUT2D eigenvalue weighted by Crippen LogP contribution is 2.32. The van der Waals surface area contributed by atoms with E-state index in [1.54, 1.807) is 18.2 Å². The van der Waals surface area contributed by atoms with Crippen molar-refractivity contribution in [1.29, 1.82) is 0 Å². The van der Waals surface area contributed by atoms with Crippen molar-refractivity contribution < 1.29 is 14.1 Å². The second-order valence-electron chi connectivity index (χ2n) is 7.01. The van der Waals surface area contributed by atoms with E-state index in [2.05, 4.69) is 30.3 Å². The number of amides is 1. The Kier molecular flexibility index (Phi) is 6.67. The van der Waals surface area contributed by atoms with Gasteiger partial charge in [0.1, 0.15) is 5.69 Å². The van der Waals surface area contributed by atoms with Crippen LogP contribution in [0.4, 0.5) is 0 Å². The van der Waals surface area contributed by atoms with Crippen LogP contribution < -0.4 is 16.4 Å². The number of ether oxygens (including phenoxy) is 1. The summed E-state index contributed by atoms with van der Waals surface area (Å²) in [6.45, 7) is 2.25. The Morgan fingerprint density at radius 2 is 2.10 bits per heavy atom. The number of pyridine rings is 1. The largest absolute Gasteiger partial charge is 0.439 e. The average molecular weight is 464 g/mol. The first-order valence-electron chi connectivity index (χ1n) is 9.59. The third-order valence-corrected chi connectivity index (χ3v) is 5.65. The molecule has 162 valence electrons. The van der Waals surface area contributed by atoms with Crippen LogP contribution in [0.1, 0.15) is 22.2 Å². The van der Waals surface area contributed by atoms with Gasteiger partial charge in [-0.05, 0) is 29.8 Å². The molecule has 1 aromatic carbocycles. The van der Waals surface area contributed by atoms with Gasteiger partial charge < -0.3 is 15.4 Å². The summed E-state index contributed by atoms with van der Waals surface area (Å²) in [6, 6.07) is 8.55. The van der Waals surface area contributed by atoms with Gasteiger partial charge in [-0.25, -0.2) is 4.79 Å². The first kappa shape index (κ1) is 21.5. The predicted octanol–water partition coefficient (Wildman–Crippen LogP) is 2.44. The number of carbonyl (C=O) groups excluding carboxylic acids is 1. The fraction of sp³-hybridized carbons (Fsp3) is 0.300. The van der Waals surface area contributed by atoms with Crippen LogP contribution in [0.2, 0.25) is 10.0 Å². The summed E-state index contributed by atoms with van der Waals surface area (Å²) in [5, 5.41) is 10.8. The number of hydrogen-bond donors (Lipinski definition) is 3. The normalized spacial score (nSPS) is 19.0. The van der Waals surface area contributed by atoms with Gasteiger partial charge in [0.2, 0.25) is 0 Å². The van der Waals surface area contributed by atoms with E-state index < -0.39 is 5.76 Å². The van der Waals surface area contributed by atoms with Gasteiger partial charge in [0, 0.05) is 37.3 Å². The van der Waals surface area contributed by atoms with Crippen molar-refractivity contribution in [3.8, 4) is 11.4 Å². The topological polar surface area (TPSA) is 122 Å². The zero-order valence-electron chi connectivity index (χ0n) is 16.2. The number of aromatic nitrogens is 3. The molecule has 2 atom stereocenters. The number of aromatic amines is 1. The van der Waals surface area contributed by atoms with Gasteiger partial charge >= 0.3 is 5.76 Å². The molecule has 4 rings (SSSR count). The smallest absolute Gasteiger partial charge is 0.372 e. The van der Waals surface area contributed by atoms with Gasteiger partial charge in [0.05, 0.1) is 22.8 Å². The minimum absolute atomic E-state index is 0.0428. The number of halogens is 2. The van der Waals surface area contributed by atoms with Crippen molar-refractivity contribution in [1.82, 2.24) is 25.8 Å². The molecule has 0 unspecified atom stereocenters. The minimum atomic E-state index is -0.674. The van der Waals surface area contributed by atoms with Crippen LogP contribution in [0.3, 0.4) is 0 Å². The van der Waals surface area contributed by atoms with E-state index in [1.807, 2.05) is 6.07 Å². The highest BCUT2D eigenvalue weighted by atomic mass is 35.5. The maximum Gasteiger partial charge on any atom is 0.439 e.